The molecule has 0 fully saturated rings. The van der Waals surface area contributed by atoms with Crippen LogP contribution in [0.15, 0.2) is 72.9 Å². The number of rotatable bonds is 8. The number of aromatic nitrogens is 2. The fourth-order valence-corrected chi connectivity index (χ4v) is 3.78. The van der Waals surface area contributed by atoms with Gasteiger partial charge in [-0.2, -0.15) is 0 Å². The minimum atomic E-state index is -1.82. The summed E-state index contributed by atoms with van der Waals surface area (Å²) in [7, 11) is 6.84. The van der Waals surface area contributed by atoms with Crippen molar-refractivity contribution in [3.05, 3.63) is 78.5 Å². The summed E-state index contributed by atoms with van der Waals surface area (Å²) in [5, 5.41) is 18.2. The molecule has 1 aromatic heterocycles. The molecule has 0 aliphatic rings. The van der Waals surface area contributed by atoms with Gasteiger partial charge in [0.2, 0.25) is 11.7 Å². The lowest BCUT2D eigenvalue weighted by Gasteiger charge is -2.16. The Morgan fingerprint density at radius 2 is 1.37 bits per heavy atom. The SMILES string of the molecule is COc1ccc(CNc2ncc(-c3ccc(-c4ccccc4)cc3)n2C)c(OC)c1OC.O=C(O)C(=O)O. The number of benzene rings is 3. The number of nitrogens with zero attached hydrogens (tertiary/aromatic N) is 2. The van der Waals surface area contributed by atoms with Gasteiger partial charge in [-0.1, -0.05) is 54.6 Å². The van der Waals surface area contributed by atoms with Crippen molar-refractivity contribution < 1.29 is 34.0 Å². The molecule has 0 saturated heterocycles. The van der Waals surface area contributed by atoms with Crippen LogP contribution >= 0.6 is 0 Å². The molecule has 0 saturated carbocycles. The van der Waals surface area contributed by atoms with Crippen LogP contribution in [0, 0.1) is 0 Å². The maximum atomic E-state index is 9.10. The molecule has 4 aromatic rings. The van der Waals surface area contributed by atoms with Gasteiger partial charge < -0.3 is 34.3 Å². The van der Waals surface area contributed by atoms with Gasteiger partial charge in [-0.3, -0.25) is 0 Å². The normalized spacial score (nSPS) is 10.1. The van der Waals surface area contributed by atoms with Gasteiger partial charge in [-0.25, -0.2) is 14.6 Å². The quantitative estimate of drug-likeness (QED) is 0.287. The van der Waals surface area contributed by atoms with Crippen molar-refractivity contribution in [2.75, 3.05) is 26.6 Å². The molecule has 0 bridgehead atoms. The topological polar surface area (TPSA) is 132 Å². The first-order chi connectivity index (χ1) is 18.3. The predicted molar refractivity (Wildman–Crippen MR) is 143 cm³/mol. The average Bonchev–Trinajstić information content (AvgIpc) is 3.31. The summed E-state index contributed by atoms with van der Waals surface area (Å²) in [6, 6.07) is 22.7. The lowest BCUT2D eigenvalue weighted by Crippen LogP contribution is -2.09. The summed E-state index contributed by atoms with van der Waals surface area (Å²) in [6.45, 7) is 0.529. The highest BCUT2D eigenvalue weighted by atomic mass is 16.5. The Labute approximate surface area is 220 Å². The van der Waals surface area contributed by atoms with E-state index in [0.29, 0.717) is 23.8 Å². The van der Waals surface area contributed by atoms with E-state index in [-0.39, 0.29) is 0 Å². The van der Waals surface area contributed by atoms with E-state index in [9.17, 15) is 0 Å². The molecule has 4 rings (SSSR count). The van der Waals surface area contributed by atoms with Crippen LogP contribution in [0.3, 0.4) is 0 Å². The largest absolute Gasteiger partial charge is 0.493 e. The monoisotopic (exact) mass is 519 g/mol. The number of carboxylic acid groups (broad SMARTS) is 2. The summed E-state index contributed by atoms with van der Waals surface area (Å²) in [5.74, 6) is -1.03. The standard InChI is InChI=1S/C26H27N3O3.C2H2O4/c1-29-22(20-12-10-19(11-13-20)18-8-6-5-7-9-18)17-28-26(29)27-16-21-14-15-23(30-2)25(32-4)24(21)31-3;3-1(4)2(5)6/h5-15,17H,16H2,1-4H3,(H,27,28);(H,3,4)(H,5,6). The molecule has 0 aliphatic heterocycles. The smallest absolute Gasteiger partial charge is 0.414 e. The van der Waals surface area contributed by atoms with Crippen LogP contribution in [0.25, 0.3) is 22.4 Å². The van der Waals surface area contributed by atoms with Gasteiger partial charge in [0.05, 0.1) is 33.2 Å². The minimum absolute atomic E-state index is 0.529. The number of ether oxygens (including phenoxy) is 3. The third-order valence-corrected chi connectivity index (χ3v) is 5.68. The number of anilines is 1. The van der Waals surface area contributed by atoms with E-state index in [1.807, 2.05) is 36.0 Å². The van der Waals surface area contributed by atoms with Crippen molar-refractivity contribution in [3.8, 4) is 39.6 Å². The van der Waals surface area contributed by atoms with E-state index < -0.39 is 11.9 Å². The lowest BCUT2D eigenvalue weighted by atomic mass is 10.0. The average molecular weight is 520 g/mol. The molecule has 10 heteroatoms. The molecule has 0 spiro atoms. The summed E-state index contributed by atoms with van der Waals surface area (Å²) in [4.78, 5) is 22.8. The zero-order valence-electron chi connectivity index (χ0n) is 21.5. The first-order valence-electron chi connectivity index (χ1n) is 11.5. The Bertz CT molecular complexity index is 1370. The number of carbonyl (C=O) groups is 2. The molecule has 0 unspecified atom stereocenters. The second kappa shape index (κ2) is 12.8. The molecule has 0 amide bonds. The Balaban J connectivity index is 0.000000599. The van der Waals surface area contributed by atoms with Gasteiger partial charge in [0, 0.05) is 19.2 Å². The number of methoxy groups -OCH3 is 3. The lowest BCUT2D eigenvalue weighted by molar-refractivity contribution is -0.159. The molecule has 0 aliphatic carbocycles. The molecule has 3 N–H and O–H groups in total. The summed E-state index contributed by atoms with van der Waals surface area (Å²) >= 11 is 0. The van der Waals surface area contributed by atoms with E-state index >= 15 is 0 Å². The van der Waals surface area contributed by atoms with Gasteiger partial charge in [-0.05, 0) is 28.8 Å². The van der Waals surface area contributed by atoms with E-state index in [2.05, 4.69) is 58.8 Å². The van der Waals surface area contributed by atoms with Gasteiger partial charge in [0.15, 0.2) is 11.5 Å². The van der Waals surface area contributed by atoms with E-state index in [1.54, 1.807) is 21.3 Å². The third-order valence-electron chi connectivity index (χ3n) is 5.68. The Kier molecular flexibility index (Phi) is 9.31. The highest BCUT2D eigenvalue weighted by molar-refractivity contribution is 6.27. The van der Waals surface area contributed by atoms with Crippen LogP contribution in [-0.2, 0) is 23.2 Å². The molecule has 1 heterocycles. The summed E-state index contributed by atoms with van der Waals surface area (Å²) in [5.41, 5.74) is 5.48. The highest BCUT2D eigenvalue weighted by Gasteiger charge is 2.16. The maximum Gasteiger partial charge on any atom is 0.414 e. The third kappa shape index (κ3) is 6.41. The fourth-order valence-electron chi connectivity index (χ4n) is 3.78. The van der Waals surface area contributed by atoms with Crippen LogP contribution in [0.4, 0.5) is 5.95 Å². The Morgan fingerprint density at radius 1 is 0.789 bits per heavy atom. The maximum absolute atomic E-state index is 9.10. The fraction of sp³-hybridized carbons (Fsp3) is 0.179. The van der Waals surface area contributed by atoms with Gasteiger partial charge >= 0.3 is 11.9 Å². The molecule has 38 heavy (non-hydrogen) atoms. The zero-order valence-corrected chi connectivity index (χ0v) is 21.5. The van der Waals surface area contributed by atoms with Gasteiger partial charge in [-0.15, -0.1) is 0 Å². The molecule has 0 radical (unpaired) electrons. The van der Waals surface area contributed by atoms with Crippen molar-refractivity contribution in [1.29, 1.82) is 0 Å². The second-order valence-electron chi connectivity index (χ2n) is 7.93. The summed E-state index contributed by atoms with van der Waals surface area (Å²) < 4.78 is 18.5. The molecular formula is C28H29N3O7. The highest BCUT2D eigenvalue weighted by Crippen LogP contribution is 2.40. The number of aliphatic carboxylic acids is 2. The number of imidazole rings is 1. The molecule has 3 aromatic carbocycles. The predicted octanol–water partition coefficient (Wildman–Crippen LogP) is 4.55. The number of hydrogen-bond donors (Lipinski definition) is 3. The Morgan fingerprint density at radius 3 is 1.92 bits per heavy atom. The number of nitrogens with one attached hydrogen (secondary N) is 1. The first-order valence-corrected chi connectivity index (χ1v) is 11.5. The molecule has 10 nitrogen and oxygen atoms in total. The van der Waals surface area contributed by atoms with Crippen molar-refractivity contribution in [2.45, 2.75) is 6.54 Å². The minimum Gasteiger partial charge on any atom is -0.493 e. The van der Waals surface area contributed by atoms with Crippen molar-refractivity contribution in [2.24, 2.45) is 7.05 Å². The number of carboxylic acids is 2. The van der Waals surface area contributed by atoms with Crippen LogP contribution in [0.2, 0.25) is 0 Å². The van der Waals surface area contributed by atoms with Crippen LogP contribution in [0.5, 0.6) is 17.2 Å². The second-order valence-corrected chi connectivity index (χ2v) is 7.93. The van der Waals surface area contributed by atoms with Crippen molar-refractivity contribution in [3.63, 3.8) is 0 Å². The summed E-state index contributed by atoms with van der Waals surface area (Å²) in [6.07, 6.45) is 1.88. The van der Waals surface area contributed by atoms with E-state index in [0.717, 1.165) is 22.8 Å². The Hall–Kier alpha value is -4.99. The van der Waals surface area contributed by atoms with Crippen LogP contribution in [0.1, 0.15) is 5.56 Å². The zero-order chi connectivity index (χ0) is 27.7. The van der Waals surface area contributed by atoms with Crippen molar-refractivity contribution in [1.82, 2.24) is 9.55 Å². The van der Waals surface area contributed by atoms with Gasteiger partial charge in [0.25, 0.3) is 0 Å². The first kappa shape index (κ1) is 27.6. The molecule has 0 atom stereocenters. The molecule has 198 valence electrons. The van der Waals surface area contributed by atoms with E-state index in [4.69, 9.17) is 34.0 Å². The van der Waals surface area contributed by atoms with Crippen LogP contribution in [-0.4, -0.2) is 53.0 Å². The molecular weight excluding hydrogens is 490 g/mol. The number of hydrogen-bond acceptors (Lipinski definition) is 7. The van der Waals surface area contributed by atoms with Gasteiger partial charge in [0.1, 0.15) is 0 Å². The van der Waals surface area contributed by atoms with E-state index in [1.165, 1.54) is 11.1 Å². The van der Waals surface area contributed by atoms with Crippen LogP contribution < -0.4 is 19.5 Å². The van der Waals surface area contributed by atoms with Crippen molar-refractivity contribution >= 4 is 17.9 Å².